The first-order chi connectivity index (χ1) is 8.14. The number of carbonyl (C=O) groups excluding carboxylic acids is 2. The number of alkyl carbamates (subject to hydrolysis) is 1. The standard InChI is InChI=1S/C12H23NO5/c1-6-12(7-14,8-17-9(2)15)13-10(16)18-11(3,4)5/h14H,6-8H2,1-5H3,(H,13,16)/t12-/m0/s1. The molecule has 0 heterocycles. The third-order valence-electron chi connectivity index (χ3n) is 2.30. The van der Waals surface area contributed by atoms with Gasteiger partial charge in [-0.05, 0) is 27.2 Å². The first kappa shape index (κ1) is 16.7. The highest BCUT2D eigenvalue weighted by Gasteiger charge is 2.32. The van der Waals surface area contributed by atoms with Gasteiger partial charge in [-0.15, -0.1) is 0 Å². The number of hydrogen-bond donors (Lipinski definition) is 2. The number of amides is 1. The molecule has 0 fully saturated rings. The van der Waals surface area contributed by atoms with E-state index in [-0.39, 0.29) is 13.2 Å². The largest absolute Gasteiger partial charge is 0.463 e. The lowest BCUT2D eigenvalue weighted by molar-refractivity contribution is -0.144. The number of carbonyl (C=O) groups is 2. The summed E-state index contributed by atoms with van der Waals surface area (Å²) in [6.45, 7) is 7.84. The Morgan fingerprint density at radius 3 is 2.17 bits per heavy atom. The van der Waals surface area contributed by atoms with Crippen LogP contribution in [0.15, 0.2) is 0 Å². The Labute approximate surface area is 108 Å². The molecule has 18 heavy (non-hydrogen) atoms. The molecule has 0 aliphatic carbocycles. The molecule has 2 N–H and O–H groups in total. The van der Waals surface area contributed by atoms with Crippen molar-refractivity contribution in [2.24, 2.45) is 0 Å². The van der Waals surface area contributed by atoms with Gasteiger partial charge in [0, 0.05) is 6.92 Å². The molecule has 0 aliphatic rings. The summed E-state index contributed by atoms with van der Waals surface area (Å²) in [4.78, 5) is 22.4. The van der Waals surface area contributed by atoms with Gasteiger partial charge in [-0.1, -0.05) is 6.92 Å². The van der Waals surface area contributed by atoms with Crippen molar-refractivity contribution in [3.8, 4) is 0 Å². The van der Waals surface area contributed by atoms with Crippen molar-refractivity contribution in [3.05, 3.63) is 0 Å². The predicted molar refractivity (Wildman–Crippen MR) is 66.1 cm³/mol. The first-order valence-electron chi connectivity index (χ1n) is 5.89. The van der Waals surface area contributed by atoms with Gasteiger partial charge in [0.1, 0.15) is 17.7 Å². The zero-order chi connectivity index (χ0) is 14.4. The molecule has 0 unspecified atom stereocenters. The maximum atomic E-state index is 11.7. The first-order valence-corrected chi connectivity index (χ1v) is 5.89. The monoisotopic (exact) mass is 261 g/mol. The number of esters is 1. The number of hydrogen-bond acceptors (Lipinski definition) is 5. The molecule has 6 heteroatoms. The summed E-state index contributed by atoms with van der Waals surface area (Å²) in [5.41, 5.74) is -1.63. The summed E-state index contributed by atoms with van der Waals surface area (Å²) in [6, 6.07) is 0. The second kappa shape index (κ2) is 6.58. The van der Waals surface area contributed by atoms with Crippen molar-refractivity contribution < 1.29 is 24.2 Å². The molecule has 0 aromatic rings. The van der Waals surface area contributed by atoms with Crippen LogP contribution in [0.4, 0.5) is 4.79 Å². The van der Waals surface area contributed by atoms with Crippen molar-refractivity contribution in [1.29, 1.82) is 0 Å². The van der Waals surface area contributed by atoms with Crippen LogP contribution in [-0.2, 0) is 14.3 Å². The van der Waals surface area contributed by atoms with Crippen LogP contribution in [0.5, 0.6) is 0 Å². The average molecular weight is 261 g/mol. The lowest BCUT2D eigenvalue weighted by Crippen LogP contribution is -2.55. The van der Waals surface area contributed by atoms with Crippen molar-refractivity contribution >= 4 is 12.1 Å². The molecule has 0 bridgehead atoms. The van der Waals surface area contributed by atoms with Crippen molar-refractivity contribution in [1.82, 2.24) is 5.32 Å². The lowest BCUT2D eigenvalue weighted by Gasteiger charge is -2.32. The molecular weight excluding hydrogens is 238 g/mol. The minimum absolute atomic E-state index is 0.0887. The fourth-order valence-corrected chi connectivity index (χ4v) is 1.18. The van der Waals surface area contributed by atoms with Crippen LogP contribution in [0.2, 0.25) is 0 Å². The number of nitrogens with one attached hydrogen (secondary N) is 1. The third kappa shape index (κ3) is 6.44. The molecule has 106 valence electrons. The predicted octanol–water partition coefficient (Wildman–Crippen LogP) is 1.22. The highest BCUT2D eigenvalue weighted by Crippen LogP contribution is 2.13. The van der Waals surface area contributed by atoms with Gasteiger partial charge in [0.15, 0.2) is 0 Å². The Balaban J connectivity index is 4.59. The average Bonchev–Trinajstić information content (AvgIpc) is 2.21. The Morgan fingerprint density at radius 1 is 1.28 bits per heavy atom. The Morgan fingerprint density at radius 2 is 1.83 bits per heavy atom. The molecule has 0 radical (unpaired) electrons. The van der Waals surface area contributed by atoms with Crippen LogP contribution < -0.4 is 5.32 Å². The summed E-state index contributed by atoms with van der Waals surface area (Å²) in [6.07, 6.45) is -0.235. The Bertz CT molecular complexity index is 291. The minimum Gasteiger partial charge on any atom is -0.463 e. The zero-order valence-corrected chi connectivity index (χ0v) is 11.7. The maximum absolute atomic E-state index is 11.7. The van der Waals surface area contributed by atoms with E-state index in [0.717, 1.165) is 0 Å². The molecule has 6 nitrogen and oxygen atoms in total. The van der Waals surface area contributed by atoms with E-state index < -0.39 is 23.2 Å². The molecule has 0 aromatic heterocycles. The normalized spacial score (nSPS) is 14.6. The number of aliphatic hydroxyl groups excluding tert-OH is 1. The van der Waals surface area contributed by atoms with E-state index in [2.05, 4.69) is 5.32 Å². The smallest absolute Gasteiger partial charge is 0.408 e. The number of aliphatic hydroxyl groups is 1. The second-order valence-electron chi connectivity index (χ2n) is 5.20. The van der Waals surface area contributed by atoms with Crippen LogP contribution in [-0.4, -0.2) is 41.5 Å². The van der Waals surface area contributed by atoms with Crippen LogP contribution >= 0.6 is 0 Å². The van der Waals surface area contributed by atoms with E-state index in [1.54, 1.807) is 27.7 Å². The third-order valence-corrected chi connectivity index (χ3v) is 2.30. The lowest BCUT2D eigenvalue weighted by atomic mass is 9.99. The van der Waals surface area contributed by atoms with Crippen LogP contribution in [0.25, 0.3) is 0 Å². The van der Waals surface area contributed by atoms with Crippen molar-refractivity contribution in [2.75, 3.05) is 13.2 Å². The van der Waals surface area contributed by atoms with Gasteiger partial charge in [0.25, 0.3) is 0 Å². The van der Waals surface area contributed by atoms with Crippen LogP contribution in [0.1, 0.15) is 41.0 Å². The minimum atomic E-state index is -1.01. The molecule has 1 atom stereocenters. The topological polar surface area (TPSA) is 84.9 Å². The Hall–Kier alpha value is -1.30. The summed E-state index contributed by atoms with van der Waals surface area (Å²) >= 11 is 0. The fourth-order valence-electron chi connectivity index (χ4n) is 1.18. The van der Waals surface area contributed by atoms with E-state index in [1.807, 2.05) is 0 Å². The fraction of sp³-hybridized carbons (Fsp3) is 0.833. The van der Waals surface area contributed by atoms with Crippen molar-refractivity contribution in [3.63, 3.8) is 0 Å². The number of ether oxygens (including phenoxy) is 2. The van der Waals surface area contributed by atoms with E-state index in [4.69, 9.17) is 9.47 Å². The van der Waals surface area contributed by atoms with Gasteiger partial charge >= 0.3 is 12.1 Å². The van der Waals surface area contributed by atoms with Crippen molar-refractivity contribution in [2.45, 2.75) is 52.2 Å². The molecule has 1 amide bonds. The molecule has 0 rings (SSSR count). The second-order valence-corrected chi connectivity index (χ2v) is 5.20. The molecular formula is C12H23NO5. The summed E-state index contributed by atoms with van der Waals surface area (Å²) in [7, 11) is 0. The van der Waals surface area contributed by atoms with Gasteiger partial charge in [-0.3, -0.25) is 4.79 Å². The van der Waals surface area contributed by atoms with Gasteiger partial charge in [0.2, 0.25) is 0 Å². The summed E-state index contributed by atoms with van der Waals surface area (Å²) in [5.74, 6) is -0.465. The van der Waals surface area contributed by atoms with Gasteiger partial charge in [-0.25, -0.2) is 4.79 Å². The van der Waals surface area contributed by atoms with Gasteiger partial charge in [-0.2, -0.15) is 0 Å². The van der Waals surface area contributed by atoms with Gasteiger partial charge < -0.3 is 19.9 Å². The van der Waals surface area contributed by atoms with E-state index in [0.29, 0.717) is 6.42 Å². The molecule has 0 spiro atoms. The van der Waals surface area contributed by atoms with E-state index in [9.17, 15) is 14.7 Å². The van der Waals surface area contributed by atoms with E-state index in [1.165, 1.54) is 6.92 Å². The summed E-state index contributed by atoms with van der Waals surface area (Å²) < 4.78 is 9.95. The zero-order valence-electron chi connectivity index (χ0n) is 11.7. The number of rotatable bonds is 5. The van der Waals surface area contributed by atoms with Crippen LogP contribution in [0.3, 0.4) is 0 Å². The highest BCUT2D eigenvalue weighted by molar-refractivity contribution is 5.69. The van der Waals surface area contributed by atoms with E-state index >= 15 is 0 Å². The SMILES string of the molecule is CC[C@](CO)(COC(C)=O)NC(=O)OC(C)(C)C. The maximum Gasteiger partial charge on any atom is 0.408 e. The van der Waals surface area contributed by atoms with Gasteiger partial charge in [0.05, 0.1) is 6.61 Å². The highest BCUT2D eigenvalue weighted by atomic mass is 16.6. The Kier molecular flexibility index (Phi) is 6.11. The molecule has 0 aromatic carbocycles. The molecule has 0 saturated carbocycles. The summed E-state index contributed by atoms with van der Waals surface area (Å²) in [5, 5.41) is 11.9. The van der Waals surface area contributed by atoms with Crippen LogP contribution in [0, 0.1) is 0 Å². The molecule has 0 saturated heterocycles. The quantitative estimate of drug-likeness (QED) is 0.727. The molecule has 0 aliphatic heterocycles.